The summed E-state index contributed by atoms with van der Waals surface area (Å²) >= 11 is 1.51. The van der Waals surface area contributed by atoms with Crippen LogP contribution in [0.2, 0.25) is 0 Å². The molecule has 0 spiro atoms. The van der Waals surface area contributed by atoms with Crippen molar-refractivity contribution in [1.29, 1.82) is 0 Å². The second kappa shape index (κ2) is 7.04. The van der Waals surface area contributed by atoms with E-state index < -0.39 is 5.97 Å². The van der Waals surface area contributed by atoms with Crippen LogP contribution in [0.4, 0.5) is 10.6 Å². The Bertz CT molecular complexity index is 665. The van der Waals surface area contributed by atoms with E-state index in [-0.39, 0.29) is 11.6 Å². The van der Waals surface area contributed by atoms with Gasteiger partial charge in [-0.25, -0.2) is 14.6 Å². The molecule has 0 bridgehead atoms. The Hall–Kier alpha value is -2.41. The molecular weight excluding hydrogens is 302 g/mol. The van der Waals surface area contributed by atoms with E-state index in [1.54, 1.807) is 17.6 Å². The zero-order valence-electron chi connectivity index (χ0n) is 12.3. The Morgan fingerprint density at radius 3 is 2.55 bits per heavy atom. The molecule has 0 aliphatic carbocycles. The van der Waals surface area contributed by atoms with Gasteiger partial charge >= 0.3 is 12.0 Å². The average molecular weight is 319 g/mol. The number of urea groups is 1. The predicted molar refractivity (Wildman–Crippen MR) is 85.5 cm³/mol. The molecule has 0 unspecified atom stereocenters. The average Bonchev–Trinajstić information content (AvgIpc) is 2.94. The van der Waals surface area contributed by atoms with Crippen molar-refractivity contribution in [3.8, 4) is 0 Å². The van der Waals surface area contributed by atoms with Gasteiger partial charge in [-0.15, -0.1) is 11.3 Å². The summed E-state index contributed by atoms with van der Waals surface area (Å²) in [4.78, 5) is 27.8. The number of amides is 2. The van der Waals surface area contributed by atoms with Gasteiger partial charge in [-0.2, -0.15) is 0 Å². The smallest absolute Gasteiger partial charge is 0.335 e. The number of benzene rings is 1. The second-order valence-electron chi connectivity index (χ2n) is 5.03. The molecule has 0 aliphatic rings. The SMILES string of the molecule is CC(C)c1scnc1NC(=O)NCc1ccc(C(=O)O)cc1. The van der Waals surface area contributed by atoms with Gasteiger partial charge in [0.05, 0.1) is 16.0 Å². The molecule has 7 heteroatoms. The Morgan fingerprint density at radius 1 is 1.27 bits per heavy atom. The molecule has 1 heterocycles. The summed E-state index contributed by atoms with van der Waals surface area (Å²) in [6.07, 6.45) is 0. The first kappa shape index (κ1) is 16.0. The summed E-state index contributed by atoms with van der Waals surface area (Å²) < 4.78 is 0. The van der Waals surface area contributed by atoms with Gasteiger partial charge in [0, 0.05) is 6.54 Å². The molecule has 0 atom stereocenters. The van der Waals surface area contributed by atoms with Crippen LogP contribution < -0.4 is 10.6 Å². The molecule has 0 saturated carbocycles. The quantitative estimate of drug-likeness (QED) is 0.788. The molecule has 1 aromatic heterocycles. The van der Waals surface area contributed by atoms with Crippen LogP contribution in [0, 0.1) is 0 Å². The van der Waals surface area contributed by atoms with Crippen molar-refractivity contribution < 1.29 is 14.7 Å². The topological polar surface area (TPSA) is 91.3 Å². The monoisotopic (exact) mass is 319 g/mol. The number of rotatable bonds is 5. The standard InChI is InChI=1S/C15H17N3O3S/c1-9(2)12-13(17-8-22-12)18-15(21)16-7-10-3-5-11(6-4-10)14(19)20/h3-6,8-9H,7H2,1-2H3,(H,19,20)(H2,16,18,21). The van der Waals surface area contributed by atoms with Crippen LogP contribution >= 0.6 is 11.3 Å². The molecule has 0 radical (unpaired) electrons. The molecule has 6 nitrogen and oxygen atoms in total. The second-order valence-corrected chi connectivity index (χ2v) is 5.92. The Kier molecular flexibility index (Phi) is 5.11. The van der Waals surface area contributed by atoms with Gasteiger partial charge < -0.3 is 10.4 Å². The summed E-state index contributed by atoms with van der Waals surface area (Å²) in [5.41, 5.74) is 2.75. The third kappa shape index (κ3) is 4.05. The summed E-state index contributed by atoms with van der Waals surface area (Å²) in [6, 6.07) is 6.02. The lowest BCUT2D eigenvalue weighted by molar-refractivity contribution is 0.0697. The number of carboxylic acids is 1. The van der Waals surface area contributed by atoms with E-state index in [9.17, 15) is 9.59 Å². The number of carbonyl (C=O) groups is 2. The van der Waals surface area contributed by atoms with Gasteiger partial charge in [-0.05, 0) is 23.6 Å². The van der Waals surface area contributed by atoms with Crippen molar-refractivity contribution >= 4 is 29.2 Å². The first-order chi connectivity index (χ1) is 10.5. The lowest BCUT2D eigenvalue weighted by Gasteiger charge is -2.09. The normalized spacial score (nSPS) is 10.5. The van der Waals surface area contributed by atoms with Crippen LogP contribution in [0.5, 0.6) is 0 Å². The largest absolute Gasteiger partial charge is 0.478 e. The fourth-order valence-corrected chi connectivity index (χ4v) is 2.62. The molecule has 2 amide bonds. The van der Waals surface area contributed by atoms with Crippen molar-refractivity contribution in [2.45, 2.75) is 26.3 Å². The zero-order chi connectivity index (χ0) is 16.1. The minimum Gasteiger partial charge on any atom is -0.478 e. The molecule has 3 N–H and O–H groups in total. The highest BCUT2D eigenvalue weighted by Gasteiger charge is 2.12. The van der Waals surface area contributed by atoms with Gasteiger partial charge in [0.1, 0.15) is 5.82 Å². The Morgan fingerprint density at radius 2 is 1.95 bits per heavy atom. The van der Waals surface area contributed by atoms with Crippen molar-refractivity contribution in [2.24, 2.45) is 0 Å². The number of nitrogens with one attached hydrogen (secondary N) is 2. The lowest BCUT2D eigenvalue weighted by Crippen LogP contribution is -2.28. The Balaban J connectivity index is 1.90. The summed E-state index contributed by atoms with van der Waals surface area (Å²) in [7, 11) is 0. The van der Waals surface area contributed by atoms with Gasteiger partial charge in [0.25, 0.3) is 0 Å². The zero-order valence-corrected chi connectivity index (χ0v) is 13.1. The summed E-state index contributed by atoms with van der Waals surface area (Å²) in [5, 5.41) is 14.3. The number of carbonyl (C=O) groups excluding carboxylic acids is 1. The summed E-state index contributed by atoms with van der Waals surface area (Å²) in [5.74, 6) is -0.0907. The van der Waals surface area contributed by atoms with E-state index >= 15 is 0 Å². The van der Waals surface area contributed by atoms with E-state index in [1.807, 2.05) is 13.8 Å². The van der Waals surface area contributed by atoms with Crippen molar-refractivity contribution in [2.75, 3.05) is 5.32 Å². The van der Waals surface area contributed by atoms with Crippen LogP contribution in [0.25, 0.3) is 0 Å². The number of aromatic nitrogens is 1. The van der Waals surface area contributed by atoms with Crippen molar-refractivity contribution in [3.63, 3.8) is 0 Å². The number of anilines is 1. The van der Waals surface area contributed by atoms with Crippen molar-refractivity contribution in [1.82, 2.24) is 10.3 Å². The minimum absolute atomic E-state index is 0.220. The van der Waals surface area contributed by atoms with E-state index in [0.717, 1.165) is 10.4 Å². The summed E-state index contributed by atoms with van der Waals surface area (Å²) in [6.45, 7) is 4.40. The first-order valence-electron chi connectivity index (χ1n) is 6.78. The van der Waals surface area contributed by atoms with E-state index in [4.69, 9.17) is 5.11 Å². The number of hydrogen-bond donors (Lipinski definition) is 3. The van der Waals surface area contributed by atoms with E-state index in [0.29, 0.717) is 18.3 Å². The highest BCUT2D eigenvalue weighted by Crippen LogP contribution is 2.26. The molecule has 116 valence electrons. The van der Waals surface area contributed by atoms with Crippen LogP contribution in [0.1, 0.15) is 40.6 Å². The van der Waals surface area contributed by atoms with Crippen LogP contribution in [0.3, 0.4) is 0 Å². The van der Waals surface area contributed by atoms with Gasteiger partial charge in [-0.3, -0.25) is 5.32 Å². The van der Waals surface area contributed by atoms with Crippen LogP contribution in [-0.2, 0) is 6.54 Å². The van der Waals surface area contributed by atoms with Crippen LogP contribution in [-0.4, -0.2) is 22.1 Å². The molecule has 0 saturated heterocycles. The van der Waals surface area contributed by atoms with E-state index in [1.165, 1.54) is 23.5 Å². The predicted octanol–water partition coefficient (Wildman–Crippen LogP) is 3.29. The third-order valence-corrected chi connectivity index (χ3v) is 4.13. The van der Waals surface area contributed by atoms with Crippen molar-refractivity contribution in [3.05, 3.63) is 45.8 Å². The molecule has 2 rings (SSSR count). The molecular formula is C15H17N3O3S. The van der Waals surface area contributed by atoms with Gasteiger partial charge in [-0.1, -0.05) is 26.0 Å². The third-order valence-electron chi connectivity index (χ3n) is 3.01. The maximum Gasteiger partial charge on any atom is 0.335 e. The molecule has 22 heavy (non-hydrogen) atoms. The number of nitrogens with zero attached hydrogens (tertiary/aromatic N) is 1. The highest BCUT2D eigenvalue weighted by molar-refractivity contribution is 7.10. The minimum atomic E-state index is -0.970. The van der Waals surface area contributed by atoms with Crippen LogP contribution in [0.15, 0.2) is 29.8 Å². The maximum atomic E-state index is 11.9. The maximum absolute atomic E-state index is 11.9. The van der Waals surface area contributed by atoms with Gasteiger partial charge in [0.2, 0.25) is 0 Å². The number of carboxylic acid groups (broad SMARTS) is 1. The molecule has 0 aliphatic heterocycles. The van der Waals surface area contributed by atoms with Gasteiger partial charge in [0.15, 0.2) is 0 Å². The fraction of sp³-hybridized carbons (Fsp3) is 0.267. The van der Waals surface area contributed by atoms with E-state index in [2.05, 4.69) is 15.6 Å². The molecule has 2 aromatic rings. The Labute approximate surface area is 132 Å². The number of thiazole rings is 1. The molecule has 1 aromatic carbocycles. The first-order valence-corrected chi connectivity index (χ1v) is 7.65. The highest BCUT2D eigenvalue weighted by atomic mass is 32.1. The lowest BCUT2D eigenvalue weighted by atomic mass is 10.1. The number of hydrogen-bond acceptors (Lipinski definition) is 4. The molecule has 0 fully saturated rings. The fourth-order valence-electron chi connectivity index (χ4n) is 1.86. The number of aromatic carboxylic acids is 1.